The van der Waals surface area contributed by atoms with E-state index < -0.39 is 5.97 Å². The number of carbonyl (C=O) groups excluding carboxylic acids is 1. The molecule has 0 spiro atoms. The van der Waals surface area contributed by atoms with Gasteiger partial charge in [0.1, 0.15) is 0 Å². The van der Waals surface area contributed by atoms with Gasteiger partial charge < -0.3 is 15.7 Å². The van der Waals surface area contributed by atoms with Crippen LogP contribution in [-0.2, 0) is 4.79 Å². The maximum absolute atomic E-state index is 11.6. The molecule has 1 rings (SSSR count). The molecule has 1 aromatic carbocycles. The zero-order chi connectivity index (χ0) is 14.3. The van der Waals surface area contributed by atoms with Gasteiger partial charge in [0, 0.05) is 21.9 Å². The van der Waals surface area contributed by atoms with Crippen LogP contribution in [0.4, 0.5) is 10.5 Å². The highest BCUT2D eigenvalue weighted by atomic mass is 79.9. The van der Waals surface area contributed by atoms with E-state index in [2.05, 4.69) is 42.5 Å². The van der Waals surface area contributed by atoms with E-state index in [1.54, 1.807) is 0 Å². The molecule has 0 aliphatic heterocycles. The number of halogens is 2. The lowest BCUT2D eigenvalue weighted by molar-refractivity contribution is -0.137. The summed E-state index contributed by atoms with van der Waals surface area (Å²) in [5.74, 6) is -0.818. The van der Waals surface area contributed by atoms with Crippen molar-refractivity contribution >= 4 is 49.5 Å². The zero-order valence-electron chi connectivity index (χ0n) is 10.1. The molecule has 0 fully saturated rings. The van der Waals surface area contributed by atoms with Crippen molar-refractivity contribution in [3.63, 3.8) is 0 Å². The van der Waals surface area contributed by atoms with Crippen molar-refractivity contribution in [2.45, 2.75) is 19.3 Å². The zero-order valence-corrected chi connectivity index (χ0v) is 13.3. The largest absolute Gasteiger partial charge is 0.481 e. The third-order valence-electron chi connectivity index (χ3n) is 2.30. The minimum Gasteiger partial charge on any atom is -0.481 e. The molecule has 1 aromatic rings. The Morgan fingerprint density at radius 3 is 2.37 bits per heavy atom. The fourth-order valence-electron chi connectivity index (χ4n) is 1.38. The van der Waals surface area contributed by atoms with E-state index >= 15 is 0 Å². The van der Waals surface area contributed by atoms with E-state index in [1.807, 2.05) is 18.2 Å². The number of carboxylic acids is 1. The van der Waals surface area contributed by atoms with Crippen LogP contribution in [0.2, 0.25) is 0 Å². The Kier molecular flexibility index (Phi) is 6.86. The number of carboxylic acid groups (broad SMARTS) is 1. The highest BCUT2D eigenvalue weighted by Gasteiger charge is 2.08. The molecular weight excluding hydrogens is 380 g/mol. The standard InChI is InChI=1S/C12H14Br2N2O3/c13-8-4-3-5-9(14)11(8)16-12(19)15-7-2-1-6-10(17)18/h3-5H,1-2,6-7H2,(H,17,18)(H2,15,16,19). The number of amides is 2. The Morgan fingerprint density at radius 1 is 1.16 bits per heavy atom. The average Bonchev–Trinajstić information content (AvgIpc) is 2.33. The van der Waals surface area contributed by atoms with Crippen LogP contribution in [-0.4, -0.2) is 23.7 Å². The van der Waals surface area contributed by atoms with Crippen LogP contribution >= 0.6 is 31.9 Å². The summed E-state index contributed by atoms with van der Waals surface area (Å²) >= 11 is 6.69. The summed E-state index contributed by atoms with van der Waals surface area (Å²) in [6.45, 7) is 0.446. The molecule has 0 radical (unpaired) electrons. The van der Waals surface area contributed by atoms with Gasteiger partial charge in [0.2, 0.25) is 0 Å². The summed E-state index contributed by atoms with van der Waals surface area (Å²) in [6.07, 6.45) is 1.31. The van der Waals surface area contributed by atoms with Gasteiger partial charge in [-0.3, -0.25) is 4.79 Å². The molecule has 5 nitrogen and oxygen atoms in total. The number of aliphatic carboxylic acids is 1. The number of hydrogen-bond donors (Lipinski definition) is 3. The maximum atomic E-state index is 11.6. The van der Waals surface area contributed by atoms with Crippen molar-refractivity contribution in [2.24, 2.45) is 0 Å². The van der Waals surface area contributed by atoms with E-state index in [-0.39, 0.29) is 12.5 Å². The number of benzene rings is 1. The van der Waals surface area contributed by atoms with Gasteiger partial charge >= 0.3 is 12.0 Å². The van der Waals surface area contributed by atoms with Crippen molar-refractivity contribution in [3.8, 4) is 0 Å². The molecule has 0 saturated heterocycles. The lowest BCUT2D eigenvalue weighted by Gasteiger charge is -2.10. The number of anilines is 1. The van der Waals surface area contributed by atoms with Crippen molar-refractivity contribution in [3.05, 3.63) is 27.1 Å². The molecule has 0 bridgehead atoms. The first kappa shape index (κ1) is 16.0. The second-order valence-corrected chi connectivity index (χ2v) is 5.54. The van der Waals surface area contributed by atoms with E-state index in [0.717, 1.165) is 8.95 Å². The third-order valence-corrected chi connectivity index (χ3v) is 3.63. The van der Waals surface area contributed by atoms with Crippen LogP contribution in [0.3, 0.4) is 0 Å². The number of para-hydroxylation sites is 1. The van der Waals surface area contributed by atoms with Crippen LogP contribution in [0.15, 0.2) is 27.1 Å². The molecule has 104 valence electrons. The molecule has 2 amide bonds. The smallest absolute Gasteiger partial charge is 0.319 e. The summed E-state index contributed by atoms with van der Waals surface area (Å²) in [6, 6.07) is 5.19. The van der Waals surface area contributed by atoms with Crippen LogP contribution in [0.1, 0.15) is 19.3 Å². The van der Waals surface area contributed by atoms with Crippen molar-refractivity contribution in [1.82, 2.24) is 5.32 Å². The molecule has 0 aromatic heterocycles. The van der Waals surface area contributed by atoms with Gasteiger partial charge in [0.05, 0.1) is 5.69 Å². The minimum atomic E-state index is -0.818. The van der Waals surface area contributed by atoms with Crippen LogP contribution in [0.25, 0.3) is 0 Å². The molecule has 0 aliphatic carbocycles. The highest BCUT2D eigenvalue weighted by molar-refractivity contribution is 9.11. The molecule has 3 N–H and O–H groups in total. The lowest BCUT2D eigenvalue weighted by Crippen LogP contribution is -2.29. The first-order valence-corrected chi connectivity index (χ1v) is 7.30. The van der Waals surface area contributed by atoms with E-state index in [4.69, 9.17) is 5.11 Å². The van der Waals surface area contributed by atoms with Crippen molar-refractivity contribution in [2.75, 3.05) is 11.9 Å². The van der Waals surface area contributed by atoms with Gasteiger partial charge in [0.15, 0.2) is 0 Å². The summed E-state index contributed by atoms with van der Waals surface area (Å²) < 4.78 is 1.56. The van der Waals surface area contributed by atoms with Crippen LogP contribution < -0.4 is 10.6 Å². The summed E-state index contributed by atoms with van der Waals surface area (Å²) in [4.78, 5) is 21.9. The van der Waals surface area contributed by atoms with Crippen molar-refractivity contribution in [1.29, 1.82) is 0 Å². The quantitative estimate of drug-likeness (QED) is 0.646. The van der Waals surface area contributed by atoms with Crippen LogP contribution in [0, 0.1) is 0 Å². The predicted octanol–water partition coefficient (Wildman–Crippen LogP) is 3.59. The fraction of sp³-hybridized carbons (Fsp3) is 0.333. The number of rotatable bonds is 6. The second kappa shape index (κ2) is 8.16. The normalized spacial score (nSPS) is 10.0. The van der Waals surface area contributed by atoms with Gasteiger partial charge in [-0.25, -0.2) is 4.79 Å². The van der Waals surface area contributed by atoms with Gasteiger partial charge in [-0.2, -0.15) is 0 Å². The Bertz CT molecular complexity index is 446. The number of carbonyl (C=O) groups is 2. The number of hydrogen-bond acceptors (Lipinski definition) is 2. The lowest BCUT2D eigenvalue weighted by atomic mass is 10.2. The Morgan fingerprint density at radius 2 is 1.79 bits per heavy atom. The molecule has 19 heavy (non-hydrogen) atoms. The van der Waals surface area contributed by atoms with Crippen LogP contribution in [0.5, 0.6) is 0 Å². The SMILES string of the molecule is O=C(O)CCCCNC(=O)Nc1c(Br)cccc1Br. The Labute approximate surface area is 128 Å². The van der Waals surface area contributed by atoms with Gasteiger partial charge in [-0.05, 0) is 56.8 Å². The number of urea groups is 1. The first-order chi connectivity index (χ1) is 9.00. The Balaban J connectivity index is 2.33. The van der Waals surface area contributed by atoms with E-state index in [1.165, 1.54) is 0 Å². The average molecular weight is 394 g/mol. The molecule has 0 heterocycles. The summed E-state index contributed by atoms with van der Waals surface area (Å²) in [7, 11) is 0. The molecule has 0 unspecified atom stereocenters. The molecular formula is C12H14Br2N2O3. The predicted molar refractivity (Wildman–Crippen MR) is 80.4 cm³/mol. The van der Waals surface area contributed by atoms with Gasteiger partial charge in [-0.1, -0.05) is 6.07 Å². The second-order valence-electron chi connectivity index (χ2n) is 3.83. The third kappa shape index (κ3) is 6.07. The molecule has 0 atom stereocenters. The molecule has 0 aliphatic rings. The number of unbranched alkanes of at least 4 members (excludes halogenated alkanes) is 1. The van der Waals surface area contributed by atoms with E-state index in [0.29, 0.717) is 25.1 Å². The fourth-order valence-corrected chi connectivity index (χ4v) is 2.57. The van der Waals surface area contributed by atoms with Gasteiger partial charge in [-0.15, -0.1) is 0 Å². The molecule has 0 saturated carbocycles. The Hall–Kier alpha value is -1.08. The van der Waals surface area contributed by atoms with Crippen molar-refractivity contribution < 1.29 is 14.7 Å². The first-order valence-electron chi connectivity index (χ1n) is 5.71. The molecule has 7 heteroatoms. The maximum Gasteiger partial charge on any atom is 0.319 e. The van der Waals surface area contributed by atoms with Gasteiger partial charge in [0.25, 0.3) is 0 Å². The summed E-state index contributed by atoms with van der Waals surface area (Å²) in [5.41, 5.74) is 0.658. The topological polar surface area (TPSA) is 78.4 Å². The highest BCUT2D eigenvalue weighted by Crippen LogP contribution is 2.30. The summed E-state index contributed by atoms with van der Waals surface area (Å²) in [5, 5.41) is 13.9. The monoisotopic (exact) mass is 392 g/mol. The minimum absolute atomic E-state index is 0.124. The number of nitrogens with one attached hydrogen (secondary N) is 2. The van der Waals surface area contributed by atoms with E-state index in [9.17, 15) is 9.59 Å².